The maximum atomic E-state index is 12.9. The molecule has 0 aliphatic rings. The van der Waals surface area contributed by atoms with Crippen LogP contribution in [0.3, 0.4) is 0 Å². The highest BCUT2D eigenvalue weighted by Crippen LogP contribution is 2.18. The number of hydrogen-bond acceptors (Lipinski definition) is 6. The third-order valence-corrected chi connectivity index (χ3v) is 13.9. The summed E-state index contributed by atoms with van der Waals surface area (Å²) in [6, 6.07) is 0. The zero-order valence-electron chi connectivity index (χ0n) is 46.6. The van der Waals surface area contributed by atoms with Crippen molar-refractivity contribution >= 4 is 17.9 Å². The van der Waals surface area contributed by atoms with Gasteiger partial charge in [-0.2, -0.15) is 0 Å². The Kier molecular flexibility index (Phi) is 56.7. The molecule has 6 heteroatoms. The van der Waals surface area contributed by atoms with Crippen LogP contribution < -0.4 is 0 Å². The van der Waals surface area contributed by atoms with E-state index in [0.717, 1.165) is 83.5 Å². The van der Waals surface area contributed by atoms with Gasteiger partial charge in [0.2, 0.25) is 0 Å². The molecule has 0 N–H and O–H groups in total. The Labute approximate surface area is 430 Å². The molecule has 406 valence electrons. The summed E-state index contributed by atoms with van der Waals surface area (Å²) in [7, 11) is 0. The summed E-state index contributed by atoms with van der Waals surface area (Å²) in [5.74, 6) is -0.860. The van der Waals surface area contributed by atoms with Gasteiger partial charge in [-0.15, -0.1) is 0 Å². The highest BCUT2D eigenvalue weighted by atomic mass is 16.6. The van der Waals surface area contributed by atoms with Crippen molar-refractivity contribution in [3.63, 3.8) is 0 Å². The molecular weight excluding hydrogens is 853 g/mol. The number of hydrogen-bond donors (Lipinski definition) is 0. The van der Waals surface area contributed by atoms with Gasteiger partial charge in [-0.05, 0) is 44.9 Å². The van der Waals surface area contributed by atoms with Crippen LogP contribution in [0.25, 0.3) is 0 Å². The van der Waals surface area contributed by atoms with Crippen molar-refractivity contribution in [1.29, 1.82) is 0 Å². The van der Waals surface area contributed by atoms with Crippen LogP contribution in [0.5, 0.6) is 0 Å². The predicted octanol–water partition coefficient (Wildman–Crippen LogP) is 20.7. The van der Waals surface area contributed by atoms with Crippen LogP contribution in [0.4, 0.5) is 0 Å². The second kappa shape index (κ2) is 58.5. The average Bonchev–Trinajstić information content (AvgIpc) is 3.35. The van der Waals surface area contributed by atoms with Crippen molar-refractivity contribution in [1.82, 2.24) is 0 Å². The zero-order valence-corrected chi connectivity index (χ0v) is 46.6. The molecule has 0 amide bonds. The van der Waals surface area contributed by atoms with Crippen molar-refractivity contribution in [3.8, 4) is 0 Å². The van der Waals surface area contributed by atoms with E-state index in [9.17, 15) is 14.4 Å². The normalized spacial score (nSPS) is 12.1. The minimum atomic E-state index is -0.772. The Morgan fingerprint density at radius 1 is 0.290 bits per heavy atom. The van der Waals surface area contributed by atoms with Gasteiger partial charge in [0.1, 0.15) is 13.2 Å². The molecule has 1 atom stereocenters. The van der Waals surface area contributed by atoms with Gasteiger partial charge in [0.05, 0.1) is 0 Å². The van der Waals surface area contributed by atoms with Crippen molar-refractivity contribution < 1.29 is 28.6 Å². The van der Waals surface area contributed by atoms with E-state index in [0.29, 0.717) is 19.3 Å². The van der Waals surface area contributed by atoms with Gasteiger partial charge in [0.15, 0.2) is 6.10 Å². The minimum absolute atomic E-state index is 0.0699. The van der Waals surface area contributed by atoms with E-state index in [1.54, 1.807) is 0 Å². The molecular formula is C63H118O6. The van der Waals surface area contributed by atoms with Gasteiger partial charge in [-0.25, -0.2) is 0 Å². The van der Waals surface area contributed by atoms with E-state index in [1.807, 2.05) is 0 Å². The topological polar surface area (TPSA) is 78.9 Å². The largest absolute Gasteiger partial charge is 0.462 e. The lowest BCUT2D eigenvalue weighted by molar-refractivity contribution is -0.167. The molecule has 0 saturated carbocycles. The predicted molar refractivity (Wildman–Crippen MR) is 298 cm³/mol. The third-order valence-electron chi connectivity index (χ3n) is 13.9. The molecule has 0 aliphatic heterocycles. The Bertz CT molecular complexity index is 1110. The number of carbonyl (C=O) groups is 3. The van der Waals surface area contributed by atoms with Gasteiger partial charge >= 0.3 is 17.9 Å². The molecule has 0 fully saturated rings. The van der Waals surface area contributed by atoms with Crippen LogP contribution in [0, 0.1) is 0 Å². The molecule has 0 bridgehead atoms. The van der Waals surface area contributed by atoms with E-state index < -0.39 is 6.10 Å². The summed E-state index contributed by atoms with van der Waals surface area (Å²) in [5, 5.41) is 0. The monoisotopic (exact) mass is 971 g/mol. The lowest BCUT2D eigenvalue weighted by Crippen LogP contribution is -2.30. The molecule has 0 heterocycles. The fraction of sp³-hybridized carbons (Fsp3) is 0.889. The van der Waals surface area contributed by atoms with Crippen molar-refractivity contribution in [2.24, 2.45) is 0 Å². The molecule has 0 aromatic rings. The van der Waals surface area contributed by atoms with Gasteiger partial charge < -0.3 is 14.2 Å². The second-order valence-corrected chi connectivity index (χ2v) is 21.0. The average molecular weight is 972 g/mol. The quantitative estimate of drug-likeness (QED) is 0.0261. The number of carbonyl (C=O) groups excluding carboxylic acids is 3. The Morgan fingerprint density at radius 2 is 0.551 bits per heavy atom. The van der Waals surface area contributed by atoms with Crippen LogP contribution in [-0.2, 0) is 28.6 Å². The van der Waals surface area contributed by atoms with Crippen molar-refractivity contribution in [3.05, 3.63) is 24.3 Å². The molecule has 69 heavy (non-hydrogen) atoms. The fourth-order valence-electron chi connectivity index (χ4n) is 9.31. The maximum absolute atomic E-state index is 12.9. The SMILES string of the molecule is CCC/C=C\C/C=C\CCCCCCCC(=O)OCC(COC(=O)CCCCCCCCCCCCCCCCCCCCCCCCC)OC(=O)CCCCCCCCCCCCCCCCC. The maximum Gasteiger partial charge on any atom is 0.306 e. The smallest absolute Gasteiger partial charge is 0.306 e. The van der Waals surface area contributed by atoms with Crippen molar-refractivity contribution in [2.75, 3.05) is 13.2 Å². The lowest BCUT2D eigenvalue weighted by Gasteiger charge is -2.18. The first-order valence-corrected chi connectivity index (χ1v) is 30.8. The van der Waals surface area contributed by atoms with E-state index in [2.05, 4.69) is 45.1 Å². The van der Waals surface area contributed by atoms with Crippen LogP contribution in [-0.4, -0.2) is 37.2 Å². The first-order chi connectivity index (χ1) is 34.0. The molecule has 0 aromatic heterocycles. The summed E-state index contributed by atoms with van der Waals surface area (Å²) in [5.41, 5.74) is 0. The summed E-state index contributed by atoms with van der Waals surface area (Å²) in [6.45, 7) is 6.63. The third kappa shape index (κ3) is 56.7. The standard InChI is InChI=1S/C63H118O6/c1-4-7-10-13-16-19-22-25-27-28-29-30-31-32-33-34-36-38-41-44-47-50-53-56-62(65)68-59-60(58-67-61(64)55-52-49-46-43-40-37-24-21-18-15-12-9-6-3)69-63(66)57-54-51-48-45-42-39-35-26-23-20-17-14-11-8-5-2/h12,15,21,24,60H,4-11,13-14,16-20,22-23,25-59H2,1-3H3/b15-12-,24-21-. The molecule has 0 aromatic carbocycles. The van der Waals surface area contributed by atoms with Gasteiger partial charge in [-0.1, -0.05) is 302 Å². The number of esters is 3. The van der Waals surface area contributed by atoms with Crippen LogP contribution in [0.1, 0.15) is 342 Å². The van der Waals surface area contributed by atoms with E-state index in [1.165, 1.54) is 218 Å². The molecule has 0 rings (SSSR count). The summed E-state index contributed by atoms with van der Waals surface area (Å²) < 4.78 is 16.9. The summed E-state index contributed by atoms with van der Waals surface area (Å²) >= 11 is 0. The van der Waals surface area contributed by atoms with E-state index in [4.69, 9.17) is 14.2 Å². The second-order valence-electron chi connectivity index (χ2n) is 21.0. The fourth-order valence-corrected chi connectivity index (χ4v) is 9.31. The number of allylic oxidation sites excluding steroid dienone is 4. The first-order valence-electron chi connectivity index (χ1n) is 30.8. The number of rotatable bonds is 57. The molecule has 0 saturated heterocycles. The summed E-state index contributed by atoms with van der Waals surface area (Å²) in [4.78, 5) is 38.2. The minimum Gasteiger partial charge on any atom is -0.462 e. The van der Waals surface area contributed by atoms with E-state index in [-0.39, 0.29) is 31.1 Å². The van der Waals surface area contributed by atoms with E-state index >= 15 is 0 Å². The Morgan fingerprint density at radius 3 is 0.855 bits per heavy atom. The number of ether oxygens (including phenoxy) is 3. The van der Waals surface area contributed by atoms with Crippen molar-refractivity contribution in [2.45, 2.75) is 348 Å². The molecule has 0 spiro atoms. The Balaban J connectivity index is 4.23. The van der Waals surface area contributed by atoms with Crippen LogP contribution >= 0.6 is 0 Å². The molecule has 0 radical (unpaired) electrons. The van der Waals surface area contributed by atoms with Crippen LogP contribution in [0.2, 0.25) is 0 Å². The number of unbranched alkanes of at least 4 members (excludes halogenated alkanes) is 42. The highest BCUT2D eigenvalue weighted by Gasteiger charge is 2.19. The first kappa shape index (κ1) is 66.9. The van der Waals surface area contributed by atoms with Crippen LogP contribution in [0.15, 0.2) is 24.3 Å². The molecule has 1 unspecified atom stereocenters. The zero-order chi connectivity index (χ0) is 50.0. The molecule has 0 aliphatic carbocycles. The summed E-state index contributed by atoms with van der Waals surface area (Å²) in [6.07, 6.45) is 69.0. The lowest BCUT2D eigenvalue weighted by atomic mass is 10.0. The van der Waals surface area contributed by atoms with Gasteiger partial charge in [0.25, 0.3) is 0 Å². The van der Waals surface area contributed by atoms with Gasteiger partial charge in [-0.3, -0.25) is 14.4 Å². The molecule has 6 nitrogen and oxygen atoms in total. The Hall–Kier alpha value is -2.11. The highest BCUT2D eigenvalue weighted by molar-refractivity contribution is 5.71. The van der Waals surface area contributed by atoms with Gasteiger partial charge in [0, 0.05) is 19.3 Å².